The molecule has 0 aliphatic carbocycles. The number of halogens is 3. The third-order valence-electron chi connectivity index (χ3n) is 5.20. The maximum atomic E-state index is 13.3. The Morgan fingerprint density at radius 1 is 1.33 bits per heavy atom. The number of thiazole rings is 1. The maximum Gasteiger partial charge on any atom is 0.278 e. The van der Waals surface area contributed by atoms with Gasteiger partial charge in [0.05, 0.1) is 18.8 Å². The number of ether oxygens (including phenoxy) is 1. The van der Waals surface area contributed by atoms with Crippen molar-refractivity contribution in [2.24, 2.45) is 5.92 Å². The second-order valence-electron chi connectivity index (χ2n) is 6.80. The summed E-state index contributed by atoms with van der Waals surface area (Å²) in [5.41, 5.74) is -0.267. The SMILES string of the molecule is O=C(c1ccccc1)N1OC[C@H]2CC(CI)(CI)OC[C@]21c1nc(Br)cs1. The monoisotopic (exact) mass is 674 g/mol. The molecule has 0 unspecified atom stereocenters. The first kappa shape index (κ1) is 20.5. The van der Waals surface area contributed by atoms with E-state index in [4.69, 9.17) is 9.57 Å². The van der Waals surface area contributed by atoms with Gasteiger partial charge in [0, 0.05) is 25.7 Å². The minimum atomic E-state index is -0.690. The molecule has 2 atom stereocenters. The first-order valence-electron chi connectivity index (χ1n) is 8.44. The normalized spacial score (nSPS) is 26.8. The van der Waals surface area contributed by atoms with Gasteiger partial charge in [-0.15, -0.1) is 11.3 Å². The molecule has 0 radical (unpaired) electrons. The number of alkyl halides is 2. The van der Waals surface area contributed by atoms with Gasteiger partial charge in [-0.2, -0.15) is 0 Å². The molecule has 144 valence electrons. The largest absolute Gasteiger partial charge is 0.370 e. The average Bonchev–Trinajstić information content (AvgIpc) is 3.31. The standard InChI is InChI=1S/C18H17BrI2N2O3S/c19-14-8-27-16(22-14)18-11-25-17(9-20,10-21)6-13(18)7-26-23(18)15(24)12-4-2-1-3-5-12/h1-5,8,13H,6-7,9-11H2/t13-,18-/m1/s1. The van der Waals surface area contributed by atoms with Crippen LogP contribution in [0.5, 0.6) is 0 Å². The number of amides is 1. The van der Waals surface area contributed by atoms with Crippen LogP contribution in [0.4, 0.5) is 0 Å². The first-order chi connectivity index (χ1) is 13.0. The highest BCUT2D eigenvalue weighted by Gasteiger charge is 2.61. The van der Waals surface area contributed by atoms with E-state index in [9.17, 15) is 4.79 Å². The predicted molar refractivity (Wildman–Crippen MR) is 125 cm³/mol. The lowest BCUT2D eigenvalue weighted by molar-refractivity contribution is -0.177. The lowest BCUT2D eigenvalue weighted by atomic mass is 9.76. The van der Waals surface area contributed by atoms with Crippen LogP contribution in [0.2, 0.25) is 0 Å². The number of carbonyl (C=O) groups excluding carboxylic acids is 1. The van der Waals surface area contributed by atoms with Crippen LogP contribution in [0.15, 0.2) is 40.3 Å². The van der Waals surface area contributed by atoms with E-state index in [2.05, 4.69) is 66.1 Å². The average molecular weight is 675 g/mol. The summed E-state index contributed by atoms with van der Waals surface area (Å²) in [6.07, 6.45) is 0.842. The number of hydrogen-bond donors (Lipinski definition) is 0. The summed E-state index contributed by atoms with van der Waals surface area (Å²) >= 11 is 9.78. The van der Waals surface area contributed by atoms with Crippen molar-refractivity contribution in [2.75, 3.05) is 22.1 Å². The molecule has 27 heavy (non-hydrogen) atoms. The Morgan fingerprint density at radius 2 is 2.07 bits per heavy atom. The highest BCUT2D eigenvalue weighted by molar-refractivity contribution is 14.1. The van der Waals surface area contributed by atoms with Crippen molar-refractivity contribution in [1.29, 1.82) is 0 Å². The van der Waals surface area contributed by atoms with Crippen molar-refractivity contribution in [3.8, 4) is 0 Å². The molecule has 3 heterocycles. The summed E-state index contributed by atoms with van der Waals surface area (Å²) in [4.78, 5) is 24.0. The number of rotatable bonds is 4. The fraction of sp³-hybridized carbons (Fsp3) is 0.444. The second-order valence-corrected chi connectivity index (χ2v) is 10.00. The van der Waals surface area contributed by atoms with Crippen molar-refractivity contribution in [3.63, 3.8) is 0 Å². The van der Waals surface area contributed by atoms with Gasteiger partial charge in [0.25, 0.3) is 5.91 Å². The highest BCUT2D eigenvalue weighted by atomic mass is 127. The zero-order valence-corrected chi connectivity index (χ0v) is 21.0. The minimum absolute atomic E-state index is 0.140. The van der Waals surface area contributed by atoms with Gasteiger partial charge in [-0.05, 0) is 34.5 Å². The van der Waals surface area contributed by atoms with Crippen LogP contribution in [0.3, 0.4) is 0 Å². The van der Waals surface area contributed by atoms with Gasteiger partial charge < -0.3 is 4.74 Å². The number of nitrogens with zero attached hydrogens (tertiary/aromatic N) is 2. The van der Waals surface area contributed by atoms with Crippen molar-refractivity contribution < 1.29 is 14.4 Å². The number of hydroxylamine groups is 2. The molecule has 1 aromatic carbocycles. The van der Waals surface area contributed by atoms with E-state index < -0.39 is 5.54 Å². The van der Waals surface area contributed by atoms with Crippen molar-refractivity contribution >= 4 is 78.4 Å². The predicted octanol–water partition coefficient (Wildman–Crippen LogP) is 4.83. The molecular weight excluding hydrogens is 658 g/mol. The molecule has 0 spiro atoms. The fourth-order valence-corrected chi connectivity index (χ4v) is 7.83. The summed E-state index contributed by atoms with van der Waals surface area (Å²) in [7, 11) is 0. The number of benzene rings is 1. The Hall–Kier alpha value is 0.180. The molecule has 0 saturated carbocycles. The molecule has 1 aromatic heterocycles. The summed E-state index contributed by atoms with van der Waals surface area (Å²) < 4.78 is 9.02. The molecule has 9 heteroatoms. The van der Waals surface area contributed by atoms with E-state index in [0.717, 1.165) is 24.9 Å². The molecule has 4 rings (SSSR count). The van der Waals surface area contributed by atoms with Gasteiger partial charge in [0.1, 0.15) is 9.61 Å². The van der Waals surface area contributed by atoms with Crippen molar-refractivity contribution in [2.45, 2.75) is 17.6 Å². The molecule has 2 fully saturated rings. The third-order valence-corrected chi connectivity index (χ3v) is 9.70. The Labute approximate surface area is 197 Å². The molecule has 2 aliphatic heterocycles. The Bertz CT molecular complexity index is 833. The summed E-state index contributed by atoms with van der Waals surface area (Å²) in [6, 6.07) is 9.25. The number of hydrogen-bond acceptors (Lipinski definition) is 5. The lowest BCUT2D eigenvalue weighted by Crippen LogP contribution is -2.59. The second kappa shape index (κ2) is 8.13. The van der Waals surface area contributed by atoms with Gasteiger partial charge in [-0.3, -0.25) is 9.63 Å². The fourth-order valence-electron chi connectivity index (χ4n) is 3.69. The van der Waals surface area contributed by atoms with Crippen molar-refractivity contribution in [3.05, 3.63) is 50.9 Å². The number of fused-ring (bicyclic) bond motifs is 1. The van der Waals surface area contributed by atoms with Gasteiger partial charge in [-0.25, -0.2) is 10.0 Å². The molecule has 5 nitrogen and oxygen atoms in total. The summed E-state index contributed by atoms with van der Waals surface area (Å²) in [5.74, 6) is -0.00837. The van der Waals surface area contributed by atoms with Crippen LogP contribution in [0, 0.1) is 5.92 Å². The van der Waals surface area contributed by atoms with Crippen LogP contribution < -0.4 is 0 Å². The molecule has 1 amide bonds. The maximum absolute atomic E-state index is 13.3. The van der Waals surface area contributed by atoms with Gasteiger partial charge in [0.2, 0.25) is 0 Å². The molecule has 2 aromatic rings. The van der Waals surface area contributed by atoms with E-state index in [1.54, 1.807) is 0 Å². The van der Waals surface area contributed by atoms with E-state index in [0.29, 0.717) is 18.8 Å². The van der Waals surface area contributed by atoms with Gasteiger partial charge in [0.15, 0.2) is 5.54 Å². The number of carbonyl (C=O) groups is 1. The topological polar surface area (TPSA) is 51.7 Å². The number of aromatic nitrogens is 1. The first-order valence-corrected chi connectivity index (χ1v) is 13.2. The molecule has 0 bridgehead atoms. The van der Waals surface area contributed by atoms with Crippen molar-refractivity contribution in [1.82, 2.24) is 10.0 Å². The van der Waals surface area contributed by atoms with Gasteiger partial charge >= 0.3 is 0 Å². The van der Waals surface area contributed by atoms with E-state index in [-0.39, 0.29) is 17.4 Å². The third kappa shape index (κ3) is 3.49. The highest BCUT2D eigenvalue weighted by Crippen LogP contribution is 2.52. The quantitative estimate of drug-likeness (QED) is 0.345. The molecule has 0 N–H and O–H groups in total. The Balaban J connectivity index is 1.76. The molecule has 2 saturated heterocycles. The minimum Gasteiger partial charge on any atom is -0.370 e. The van der Waals surface area contributed by atoms with Crippen LogP contribution in [-0.2, 0) is 15.1 Å². The summed E-state index contributed by atoms with van der Waals surface area (Å²) in [6.45, 7) is 0.885. The molecular formula is C18H17BrI2N2O3S. The van der Waals surface area contributed by atoms with Crippen LogP contribution in [0.25, 0.3) is 0 Å². The van der Waals surface area contributed by atoms with E-state index >= 15 is 0 Å². The van der Waals surface area contributed by atoms with Crippen LogP contribution in [0.1, 0.15) is 21.8 Å². The smallest absolute Gasteiger partial charge is 0.278 e. The lowest BCUT2D eigenvalue weighted by Gasteiger charge is -2.47. The Morgan fingerprint density at radius 3 is 2.70 bits per heavy atom. The Kier molecular flexibility index (Phi) is 6.16. The van der Waals surface area contributed by atoms with Crippen LogP contribution in [-0.4, -0.2) is 43.6 Å². The summed E-state index contributed by atoms with van der Waals surface area (Å²) in [5, 5.41) is 4.34. The van der Waals surface area contributed by atoms with Crippen LogP contribution >= 0.6 is 72.4 Å². The van der Waals surface area contributed by atoms with Gasteiger partial charge in [-0.1, -0.05) is 63.4 Å². The zero-order chi connectivity index (χ0) is 19.1. The molecule has 2 aliphatic rings. The van der Waals surface area contributed by atoms with E-state index in [1.165, 1.54) is 16.4 Å². The van der Waals surface area contributed by atoms with E-state index in [1.807, 2.05) is 35.7 Å². The zero-order valence-electron chi connectivity index (χ0n) is 14.2.